The Balaban J connectivity index is 2.66. The number of hydrogen-bond donors (Lipinski definition) is 2. The van der Waals surface area contributed by atoms with Crippen molar-refractivity contribution in [1.82, 2.24) is 4.90 Å². The number of likely N-dealkylation sites (tertiary alicyclic amines) is 1. The van der Waals surface area contributed by atoms with Gasteiger partial charge in [0.25, 0.3) is 0 Å². The quantitative estimate of drug-likeness (QED) is 0.607. The highest BCUT2D eigenvalue weighted by molar-refractivity contribution is 4.97. The molecule has 3 N–H and O–H groups in total. The number of hydrogen-bond acceptors (Lipinski definition) is 3. The first kappa shape index (κ1) is 9.39. The van der Waals surface area contributed by atoms with E-state index in [0.717, 1.165) is 12.8 Å². The molecule has 1 aliphatic rings. The van der Waals surface area contributed by atoms with Crippen LogP contribution in [-0.4, -0.2) is 28.2 Å². The van der Waals surface area contributed by atoms with E-state index in [9.17, 15) is 5.11 Å². The molecule has 70 valence electrons. The van der Waals surface area contributed by atoms with Gasteiger partial charge < -0.3 is 15.7 Å². The van der Waals surface area contributed by atoms with Crippen LogP contribution in [0.25, 0.3) is 0 Å². The summed E-state index contributed by atoms with van der Waals surface area (Å²) < 4.78 is 0. The molecule has 1 fully saturated rings. The minimum absolute atomic E-state index is 0.175. The van der Waals surface area contributed by atoms with Crippen molar-refractivity contribution in [3.05, 3.63) is 12.4 Å². The van der Waals surface area contributed by atoms with E-state index in [1.807, 2.05) is 0 Å². The van der Waals surface area contributed by atoms with Crippen LogP contribution in [-0.2, 0) is 0 Å². The molecule has 0 aromatic rings. The van der Waals surface area contributed by atoms with Crippen LogP contribution >= 0.6 is 0 Å². The fourth-order valence-electron chi connectivity index (χ4n) is 2.11. The molecule has 0 amide bonds. The van der Waals surface area contributed by atoms with E-state index in [1.54, 1.807) is 0 Å². The Kier molecular flexibility index (Phi) is 2.62. The van der Waals surface area contributed by atoms with Gasteiger partial charge in [-0.15, -0.1) is 0 Å². The molecule has 3 nitrogen and oxygen atoms in total. The summed E-state index contributed by atoms with van der Waals surface area (Å²) >= 11 is 0. The minimum atomic E-state index is -0.175. The van der Waals surface area contributed by atoms with Crippen molar-refractivity contribution < 1.29 is 5.11 Å². The fourth-order valence-corrected chi connectivity index (χ4v) is 2.11. The number of nitrogens with two attached hydrogens (primary N) is 1. The molecule has 2 atom stereocenters. The van der Waals surface area contributed by atoms with Crippen molar-refractivity contribution in [2.45, 2.75) is 44.9 Å². The van der Waals surface area contributed by atoms with Gasteiger partial charge in [0.05, 0.1) is 11.9 Å². The van der Waals surface area contributed by atoms with Gasteiger partial charge in [0.1, 0.15) is 0 Å². The van der Waals surface area contributed by atoms with Gasteiger partial charge >= 0.3 is 0 Å². The molecular formula is C9H18N2O. The highest BCUT2D eigenvalue weighted by Gasteiger charge is 2.29. The smallest absolute Gasteiger partial charge is 0.0917 e. The number of rotatable bonds is 1. The van der Waals surface area contributed by atoms with Crippen molar-refractivity contribution >= 4 is 0 Å². The zero-order chi connectivity index (χ0) is 9.30. The summed E-state index contributed by atoms with van der Waals surface area (Å²) in [6.07, 6.45) is 1.41. The topological polar surface area (TPSA) is 49.5 Å². The van der Waals surface area contributed by atoms with Gasteiger partial charge in [0, 0.05) is 12.1 Å². The van der Waals surface area contributed by atoms with Crippen LogP contribution in [0.3, 0.4) is 0 Å². The highest BCUT2D eigenvalue weighted by Crippen LogP contribution is 2.24. The third-order valence-corrected chi connectivity index (χ3v) is 2.51. The Morgan fingerprint density at radius 1 is 1.42 bits per heavy atom. The predicted octanol–water partition coefficient (Wildman–Crippen LogP) is 0.650. The maximum absolute atomic E-state index is 9.45. The lowest BCUT2D eigenvalue weighted by atomic mass is 9.95. The minimum Gasteiger partial charge on any atom is -0.393 e. The first-order chi connectivity index (χ1) is 5.52. The summed E-state index contributed by atoms with van der Waals surface area (Å²) in [5, 5.41) is 9.45. The van der Waals surface area contributed by atoms with Crippen LogP contribution in [0.4, 0.5) is 0 Å². The molecule has 1 heterocycles. The van der Waals surface area contributed by atoms with Gasteiger partial charge in [-0.3, -0.25) is 0 Å². The molecule has 2 unspecified atom stereocenters. The van der Waals surface area contributed by atoms with E-state index in [4.69, 9.17) is 5.73 Å². The average Bonchev–Trinajstić information content (AvgIpc) is 1.82. The lowest BCUT2D eigenvalue weighted by Gasteiger charge is -2.42. The molecule has 12 heavy (non-hydrogen) atoms. The summed E-state index contributed by atoms with van der Waals surface area (Å²) in [5.41, 5.74) is 5.64. The van der Waals surface area contributed by atoms with Crippen LogP contribution in [0.5, 0.6) is 0 Å². The van der Waals surface area contributed by atoms with Crippen molar-refractivity contribution in [3.63, 3.8) is 0 Å². The van der Waals surface area contributed by atoms with Gasteiger partial charge in [-0.05, 0) is 26.7 Å². The SMILES string of the molecule is C=C(N)N1C(C)CC(O)CC1C. The van der Waals surface area contributed by atoms with Gasteiger partial charge in [-0.25, -0.2) is 0 Å². The molecule has 0 bridgehead atoms. The third-order valence-electron chi connectivity index (χ3n) is 2.51. The average molecular weight is 170 g/mol. The third kappa shape index (κ3) is 1.72. The molecule has 0 saturated carbocycles. The Hall–Kier alpha value is -0.700. The standard InChI is InChI=1S/C9H18N2O/c1-6-4-9(12)5-7(2)11(6)8(3)10/h6-7,9,12H,3-5,10H2,1-2H3. The largest absolute Gasteiger partial charge is 0.393 e. The Bertz CT molecular complexity index is 169. The van der Waals surface area contributed by atoms with Crippen LogP contribution < -0.4 is 5.73 Å². The van der Waals surface area contributed by atoms with Crippen molar-refractivity contribution in [1.29, 1.82) is 0 Å². The van der Waals surface area contributed by atoms with Gasteiger partial charge in [0.15, 0.2) is 0 Å². The lowest BCUT2D eigenvalue weighted by molar-refractivity contribution is 0.0331. The summed E-state index contributed by atoms with van der Waals surface area (Å²) in [4.78, 5) is 2.08. The summed E-state index contributed by atoms with van der Waals surface area (Å²) in [5.74, 6) is 0.613. The number of nitrogens with zero attached hydrogens (tertiary/aromatic N) is 1. The molecule has 0 aromatic heterocycles. The summed E-state index contributed by atoms with van der Waals surface area (Å²) in [6, 6.07) is 0.613. The summed E-state index contributed by atoms with van der Waals surface area (Å²) in [6.45, 7) is 7.86. The van der Waals surface area contributed by atoms with E-state index < -0.39 is 0 Å². The zero-order valence-corrected chi connectivity index (χ0v) is 7.83. The van der Waals surface area contributed by atoms with E-state index >= 15 is 0 Å². The van der Waals surface area contributed by atoms with Crippen molar-refractivity contribution in [2.75, 3.05) is 0 Å². The second-order valence-electron chi connectivity index (χ2n) is 3.72. The lowest BCUT2D eigenvalue weighted by Crippen LogP contribution is -2.48. The highest BCUT2D eigenvalue weighted by atomic mass is 16.3. The van der Waals surface area contributed by atoms with Crippen LogP contribution in [0, 0.1) is 0 Å². The molecule has 0 spiro atoms. The molecule has 0 radical (unpaired) electrons. The first-order valence-corrected chi connectivity index (χ1v) is 4.43. The maximum Gasteiger partial charge on any atom is 0.0917 e. The zero-order valence-electron chi connectivity index (χ0n) is 7.83. The second-order valence-corrected chi connectivity index (χ2v) is 3.72. The van der Waals surface area contributed by atoms with Crippen LogP contribution in [0.1, 0.15) is 26.7 Å². The van der Waals surface area contributed by atoms with Crippen LogP contribution in [0.2, 0.25) is 0 Å². The van der Waals surface area contributed by atoms with E-state index in [-0.39, 0.29) is 6.10 Å². The fraction of sp³-hybridized carbons (Fsp3) is 0.778. The molecule has 1 rings (SSSR count). The molecule has 0 aliphatic carbocycles. The molecule has 0 aromatic carbocycles. The molecular weight excluding hydrogens is 152 g/mol. The van der Waals surface area contributed by atoms with E-state index in [0.29, 0.717) is 17.9 Å². The van der Waals surface area contributed by atoms with Crippen molar-refractivity contribution in [2.24, 2.45) is 5.73 Å². The maximum atomic E-state index is 9.45. The van der Waals surface area contributed by atoms with E-state index in [1.165, 1.54) is 0 Å². The second kappa shape index (κ2) is 3.35. The number of aliphatic hydroxyl groups is 1. The normalized spacial score (nSPS) is 36.6. The predicted molar refractivity (Wildman–Crippen MR) is 49.3 cm³/mol. The Morgan fingerprint density at radius 3 is 2.17 bits per heavy atom. The van der Waals surface area contributed by atoms with Gasteiger partial charge in [-0.1, -0.05) is 6.58 Å². The molecule has 1 aliphatic heterocycles. The van der Waals surface area contributed by atoms with Crippen molar-refractivity contribution in [3.8, 4) is 0 Å². The van der Waals surface area contributed by atoms with Crippen LogP contribution in [0.15, 0.2) is 12.4 Å². The Labute approximate surface area is 73.9 Å². The van der Waals surface area contributed by atoms with Gasteiger partial charge in [0.2, 0.25) is 0 Å². The molecule has 3 heteroatoms. The first-order valence-electron chi connectivity index (χ1n) is 4.43. The van der Waals surface area contributed by atoms with Gasteiger partial charge in [-0.2, -0.15) is 0 Å². The van der Waals surface area contributed by atoms with E-state index in [2.05, 4.69) is 25.3 Å². The summed E-state index contributed by atoms with van der Waals surface area (Å²) in [7, 11) is 0. The monoisotopic (exact) mass is 170 g/mol. The molecule has 1 saturated heterocycles. The Morgan fingerprint density at radius 2 is 1.83 bits per heavy atom. The number of aliphatic hydroxyl groups excluding tert-OH is 1. The number of piperidine rings is 1.